The van der Waals surface area contributed by atoms with E-state index in [1.54, 1.807) is 0 Å². The van der Waals surface area contributed by atoms with Gasteiger partial charge in [-0.1, -0.05) is 49.4 Å². The smallest absolute Gasteiger partial charge is 0.227 e. The average molecular weight is 295 g/mol. The Kier molecular flexibility index (Phi) is 4.42. The molecule has 1 amide bonds. The van der Waals surface area contributed by atoms with Crippen LogP contribution < -0.4 is 9.64 Å². The summed E-state index contributed by atoms with van der Waals surface area (Å²) in [6.07, 6.45) is 2.28. The monoisotopic (exact) mass is 295 g/mol. The second-order valence-corrected chi connectivity index (χ2v) is 5.61. The molecule has 1 unspecified atom stereocenters. The molecule has 2 aromatic carbocycles. The van der Waals surface area contributed by atoms with E-state index in [1.807, 2.05) is 47.4 Å². The summed E-state index contributed by atoms with van der Waals surface area (Å²) in [7, 11) is 0. The summed E-state index contributed by atoms with van der Waals surface area (Å²) in [5.74, 6) is 0.978. The van der Waals surface area contributed by atoms with Gasteiger partial charge in [-0.2, -0.15) is 0 Å². The van der Waals surface area contributed by atoms with Crippen LogP contribution in [-0.2, 0) is 11.2 Å². The van der Waals surface area contributed by atoms with Gasteiger partial charge in [-0.3, -0.25) is 4.79 Å². The summed E-state index contributed by atoms with van der Waals surface area (Å²) in [6, 6.07) is 17.9. The lowest BCUT2D eigenvalue weighted by molar-refractivity contribution is -0.119. The highest BCUT2D eigenvalue weighted by atomic mass is 16.5. The van der Waals surface area contributed by atoms with Crippen molar-refractivity contribution < 1.29 is 9.53 Å². The summed E-state index contributed by atoms with van der Waals surface area (Å²) in [5.41, 5.74) is 2.09. The van der Waals surface area contributed by atoms with Crippen LogP contribution in [0.4, 0.5) is 5.69 Å². The summed E-state index contributed by atoms with van der Waals surface area (Å²) in [6.45, 7) is 2.73. The summed E-state index contributed by atoms with van der Waals surface area (Å²) in [5, 5.41) is 0. The normalized spacial score (nSPS) is 16.8. The first-order chi connectivity index (χ1) is 10.8. The number of ether oxygens (including phenoxy) is 1. The van der Waals surface area contributed by atoms with Gasteiger partial charge in [0, 0.05) is 6.42 Å². The predicted molar refractivity (Wildman–Crippen MR) is 88.3 cm³/mol. The van der Waals surface area contributed by atoms with Gasteiger partial charge in [0.25, 0.3) is 0 Å². The van der Waals surface area contributed by atoms with Gasteiger partial charge in [-0.05, 0) is 30.5 Å². The van der Waals surface area contributed by atoms with Gasteiger partial charge < -0.3 is 9.64 Å². The van der Waals surface area contributed by atoms with E-state index >= 15 is 0 Å². The molecule has 0 aliphatic carbocycles. The van der Waals surface area contributed by atoms with E-state index in [1.165, 1.54) is 5.56 Å². The van der Waals surface area contributed by atoms with Crippen molar-refractivity contribution in [3.63, 3.8) is 0 Å². The van der Waals surface area contributed by atoms with E-state index in [9.17, 15) is 4.79 Å². The Labute approximate surface area is 131 Å². The SMILES string of the molecule is CCC1CN(C(=O)CCc2ccccc2)c2ccccc2O1. The van der Waals surface area contributed by atoms with Crippen LogP contribution in [0.3, 0.4) is 0 Å². The van der Waals surface area contributed by atoms with E-state index < -0.39 is 0 Å². The number of para-hydroxylation sites is 2. The van der Waals surface area contributed by atoms with Gasteiger partial charge in [-0.25, -0.2) is 0 Å². The lowest BCUT2D eigenvalue weighted by Crippen LogP contribution is -2.43. The fourth-order valence-corrected chi connectivity index (χ4v) is 2.78. The maximum absolute atomic E-state index is 12.7. The van der Waals surface area contributed by atoms with Gasteiger partial charge in [0.05, 0.1) is 12.2 Å². The highest BCUT2D eigenvalue weighted by Gasteiger charge is 2.28. The molecule has 0 fully saturated rings. The number of hydrogen-bond acceptors (Lipinski definition) is 2. The molecule has 0 saturated carbocycles. The summed E-state index contributed by atoms with van der Waals surface area (Å²) in [4.78, 5) is 14.6. The van der Waals surface area contributed by atoms with Gasteiger partial charge in [-0.15, -0.1) is 0 Å². The standard InChI is InChI=1S/C19H21NO2/c1-2-16-14-20(17-10-6-7-11-18(17)22-16)19(21)13-12-15-8-4-3-5-9-15/h3-11,16H,2,12-14H2,1H3. The second-order valence-electron chi connectivity index (χ2n) is 5.61. The molecular formula is C19H21NO2. The fourth-order valence-electron chi connectivity index (χ4n) is 2.78. The molecule has 0 spiro atoms. The first-order valence-corrected chi connectivity index (χ1v) is 7.88. The van der Waals surface area contributed by atoms with Crippen molar-refractivity contribution in [3.05, 3.63) is 60.2 Å². The zero-order chi connectivity index (χ0) is 15.4. The number of carbonyl (C=O) groups excluding carboxylic acids is 1. The number of fused-ring (bicyclic) bond motifs is 1. The van der Waals surface area contributed by atoms with Crippen molar-refractivity contribution in [1.82, 2.24) is 0 Å². The summed E-state index contributed by atoms with van der Waals surface area (Å²) >= 11 is 0. The molecule has 1 atom stereocenters. The molecule has 3 rings (SSSR count). The fraction of sp³-hybridized carbons (Fsp3) is 0.316. The maximum Gasteiger partial charge on any atom is 0.227 e. The van der Waals surface area contributed by atoms with Crippen molar-refractivity contribution in [1.29, 1.82) is 0 Å². The third-order valence-corrected chi connectivity index (χ3v) is 4.06. The molecule has 3 heteroatoms. The van der Waals surface area contributed by atoms with Crippen molar-refractivity contribution in [3.8, 4) is 5.75 Å². The molecule has 1 heterocycles. The van der Waals surface area contributed by atoms with Crippen LogP contribution in [-0.4, -0.2) is 18.6 Å². The maximum atomic E-state index is 12.7. The number of nitrogens with zero attached hydrogens (tertiary/aromatic N) is 1. The van der Waals surface area contributed by atoms with E-state index in [-0.39, 0.29) is 12.0 Å². The van der Waals surface area contributed by atoms with Crippen molar-refractivity contribution in [2.45, 2.75) is 32.3 Å². The largest absolute Gasteiger partial charge is 0.486 e. The Morgan fingerprint density at radius 3 is 2.64 bits per heavy atom. The van der Waals surface area contributed by atoms with E-state index in [0.29, 0.717) is 13.0 Å². The number of rotatable bonds is 4. The second kappa shape index (κ2) is 6.65. The molecule has 0 aromatic heterocycles. The first kappa shape index (κ1) is 14.6. The highest BCUT2D eigenvalue weighted by molar-refractivity contribution is 5.95. The Balaban J connectivity index is 1.74. The molecule has 3 nitrogen and oxygen atoms in total. The minimum absolute atomic E-state index is 0.0792. The minimum Gasteiger partial charge on any atom is -0.486 e. The molecule has 2 aromatic rings. The van der Waals surface area contributed by atoms with Gasteiger partial charge >= 0.3 is 0 Å². The summed E-state index contributed by atoms with van der Waals surface area (Å²) < 4.78 is 5.93. The van der Waals surface area contributed by atoms with Crippen LogP contribution in [0.25, 0.3) is 0 Å². The Bertz CT molecular complexity index is 639. The van der Waals surface area contributed by atoms with Gasteiger partial charge in [0.1, 0.15) is 11.9 Å². The Hall–Kier alpha value is -2.29. The first-order valence-electron chi connectivity index (χ1n) is 7.88. The quantitative estimate of drug-likeness (QED) is 0.858. The highest BCUT2D eigenvalue weighted by Crippen LogP contribution is 2.34. The lowest BCUT2D eigenvalue weighted by atomic mass is 10.1. The zero-order valence-corrected chi connectivity index (χ0v) is 12.9. The van der Waals surface area contributed by atoms with Crippen LogP contribution in [0.2, 0.25) is 0 Å². The van der Waals surface area contributed by atoms with Crippen molar-refractivity contribution >= 4 is 11.6 Å². The predicted octanol–water partition coefficient (Wildman–Crippen LogP) is 3.82. The molecule has 114 valence electrons. The number of benzene rings is 2. The van der Waals surface area contributed by atoms with Crippen LogP contribution in [0.15, 0.2) is 54.6 Å². The Morgan fingerprint density at radius 2 is 1.86 bits per heavy atom. The number of carbonyl (C=O) groups is 1. The molecule has 1 aliphatic rings. The molecule has 22 heavy (non-hydrogen) atoms. The number of aryl methyl sites for hydroxylation is 1. The van der Waals surface area contributed by atoms with E-state index in [2.05, 4.69) is 19.1 Å². The number of amides is 1. The zero-order valence-electron chi connectivity index (χ0n) is 12.9. The molecule has 0 saturated heterocycles. The van der Waals surface area contributed by atoms with Crippen LogP contribution in [0, 0.1) is 0 Å². The third kappa shape index (κ3) is 3.14. The minimum atomic E-state index is 0.0792. The van der Waals surface area contributed by atoms with Crippen molar-refractivity contribution in [2.24, 2.45) is 0 Å². The molecular weight excluding hydrogens is 274 g/mol. The van der Waals surface area contributed by atoms with Gasteiger partial charge in [0.15, 0.2) is 0 Å². The average Bonchev–Trinajstić information content (AvgIpc) is 2.59. The van der Waals surface area contributed by atoms with Crippen molar-refractivity contribution in [2.75, 3.05) is 11.4 Å². The number of anilines is 1. The van der Waals surface area contributed by atoms with Gasteiger partial charge in [0.2, 0.25) is 5.91 Å². The topological polar surface area (TPSA) is 29.5 Å². The molecule has 0 N–H and O–H groups in total. The van der Waals surface area contributed by atoms with Crippen LogP contribution >= 0.6 is 0 Å². The molecule has 0 bridgehead atoms. The lowest BCUT2D eigenvalue weighted by Gasteiger charge is -2.34. The van der Waals surface area contributed by atoms with Crippen LogP contribution in [0.5, 0.6) is 5.75 Å². The Morgan fingerprint density at radius 1 is 1.14 bits per heavy atom. The number of hydrogen-bond donors (Lipinski definition) is 0. The molecule has 1 aliphatic heterocycles. The van der Waals surface area contributed by atoms with E-state index in [0.717, 1.165) is 24.3 Å². The third-order valence-electron chi connectivity index (χ3n) is 4.06. The van der Waals surface area contributed by atoms with E-state index in [4.69, 9.17) is 4.74 Å². The molecule has 0 radical (unpaired) electrons. The van der Waals surface area contributed by atoms with Crippen LogP contribution in [0.1, 0.15) is 25.3 Å².